The maximum absolute atomic E-state index is 3.10. The van der Waals surface area contributed by atoms with Crippen molar-refractivity contribution in [1.82, 2.24) is 0 Å². The SMILES string of the molecule is CSC#CCCc1ccccc1. The van der Waals surface area contributed by atoms with Gasteiger partial charge in [-0.2, -0.15) is 0 Å². The molecule has 0 amide bonds. The van der Waals surface area contributed by atoms with Crippen molar-refractivity contribution < 1.29 is 0 Å². The molecule has 1 rings (SSSR count). The summed E-state index contributed by atoms with van der Waals surface area (Å²) in [5, 5.41) is 2.99. The largest absolute Gasteiger partial charge is 0.0909 e. The van der Waals surface area contributed by atoms with Gasteiger partial charge in [0.15, 0.2) is 0 Å². The predicted molar refractivity (Wildman–Crippen MR) is 56.1 cm³/mol. The molecule has 0 saturated carbocycles. The predicted octanol–water partition coefficient (Wildman–Crippen LogP) is 2.94. The summed E-state index contributed by atoms with van der Waals surface area (Å²) in [6.45, 7) is 0. The maximum atomic E-state index is 3.10. The van der Waals surface area contributed by atoms with Crippen molar-refractivity contribution in [3.63, 3.8) is 0 Å². The third kappa shape index (κ3) is 3.50. The van der Waals surface area contributed by atoms with Crippen molar-refractivity contribution in [2.75, 3.05) is 6.26 Å². The van der Waals surface area contributed by atoms with Crippen LogP contribution >= 0.6 is 11.8 Å². The summed E-state index contributed by atoms with van der Waals surface area (Å²) < 4.78 is 0. The van der Waals surface area contributed by atoms with Gasteiger partial charge < -0.3 is 0 Å². The van der Waals surface area contributed by atoms with Crippen molar-refractivity contribution in [3.8, 4) is 11.2 Å². The van der Waals surface area contributed by atoms with Crippen LogP contribution in [0.5, 0.6) is 0 Å². The molecular weight excluding hydrogens is 164 g/mol. The van der Waals surface area contributed by atoms with Gasteiger partial charge in [0.1, 0.15) is 0 Å². The van der Waals surface area contributed by atoms with Crippen LogP contribution in [0.2, 0.25) is 0 Å². The van der Waals surface area contributed by atoms with Crippen LogP contribution in [-0.2, 0) is 6.42 Å². The lowest BCUT2D eigenvalue weighted by Gasteiger charge is -1.93. The van der Waals surface area contributed by atoms with E-state index in [-0.39, 0.29) is 0 Å². The molecule has 12 heavy (non-hydrogen) atoms. The van der Waals surface area contributed by atoms with Crippen LogP contribution in [0.3, 0.4) is 0 Å². The number of aryl methyl sites for hydroxylation is 1. The molecule has 0 unspecified atom stereocenters. The lowest BCUT2D eigenvalue weighted by atomic mass is 10.1. The first kappa shape index (κ1) is 9.22. The average molecular weight is 176 g/mol. The van der Waals surface area contributed by atoms with Crippen molar-refractivity contribution >= 4 is 11.8 Å². The lowest BCUT2D eigenvalue weighted by Crippen LogP contribution is -1.80. The summed E-state index contributed by atoms with van der Waals surface area (Å²) >= 11 is 1.58. The molecule has 0 fully saturated rings. The Morgan fingerprint density at radius 2 is 2.00 bits per heavy atom. The molecule has 0 aliphatic heterocycles. The van der Waals surface area contributed by atoms with E-state index in [2.05, 4.69) is 35.4 Å². The molecule has 1 aromatic carbocycles. The second-order valence-corrected chi connectivity index (χ2v) is 3.08. The van der Waals surface area contributed by atoms with Crippen LogP contribution < -0.4 is 0 Å². The van der Waals surface area contributed by atoms with Crippen LogP contribution in [0.15, 0.2) is 30.3 Å². The van der Waals surface area contributed by atoms with Gasteiger partial charge in [0.05, 0.1) is 0 Å². The summed E-state index contributed by atoms with van der Waals surface area (Å²) in [4.78, 5) is 0. The number of rotatable bonds is 2. The second kappa shape index (κ2) is 5.74. The van der Waals surface area contributed by atoms with Crippen molar-refractivity contribution in [2.45, 2.75) is 12.8 Å². The molecule has 0 heterocycles. The van der Waals surface area contributed by atoms with Crippen molar-refractivity contribution in [1.29, 1.82) is 0 Å². The Labute approximate surface area is 78.4 Å². The first-order valence-electron chi connectivity index (χ1n) is 3.98. The van der Waals surface area contributed by atoms with E-state index >= 15 is 0 Å². The summed E-state index contributed by atoms with van der Waals surface area (Å²) in [6.07, 6.45) is 4.02. The Hall–Kier alpha value is -0.870. The third-order valence-electron chi connectivity index (χ3n) is 1.56. The molecule has 0 saturated heterocycles. The third-order valence-corrected chi connectivity index (χ3v) is 1.90. The topological polar surface area (TPSA) is 0 Å². The zero-order valence-electron chi connectivity index (χ0n) is 7.21. The maximum Gasteiger partial charge on any atom is 0.0138 e. The molecule has 0 radical (unpaired) electrons. The van der Waals surface area contributed by atoms with Crippen LogP contribution in [0.25, 0.3) is 0 Å². The molecule has 0 atom stereocenters. The summed E-state index contributed by atoms with van der Waals surface area (Å²) in [5.41, 5.74) is 1.37. The standard InChI is InChI=1S/C11H12S/c1-12-10-6-5-9-11-7-3-2-4-8-11/h2-4,7-8H,5,9H2,1H3. The fraction of sp³-hybridized carbons (Fsp3) is 0.273. The number of hydrogen-bond acceptors (Lipinski definition) is 1. The van der Waals surface area contributed by atoms with E-state index in [1.54, 1.807) is 11.8 Å². The molecule has 0 nitrogen and oxygen atoms in total. The molecule has 0 spiro atoms. The summed E-state index contributed by atoms with van der Waals surface area (Å²) in [7, 11) is 0. The molecule has 62 valence electrons. The van der Waals surface area contributed by atoms with E-state index in [0.29, 0.717) is 0 Å². The Morgan fingerprint density at radius 3 is 2.67 bits per heavy atom. The van der Waals surface area contributed by atoms with Gasteiger partial charge >= 0.3 is 0 Å². The molecule has 0 aromatic heterocycles. The van der Waals surface area contributed by atoms with E-state index < -0.39 is 0 Å². The van der Waals surface area contributed by atoms with E-state index in [0.717, 1.165) is 12.8 Å². The Bertz CT molecular complexity index is 266. The molecule has 1 aromatic rings. The van der Waals surface area contributed by atoms with Gasteiger partial charge in [-0.25, -0.2) is 0 Å². The fourth-order valence-electron chi connectivity index (χ4n) is 0.975. The van der Waals surface area contributed by atoms with Crippen LogP contribution in [-0.4, -0.2) is 6.26 Å². The first-order valence-corrected chi connectivity index (χ1v) is 5.20. The Kier molecular flexibility index (Phi) is 4.41. The molecule has 0 bridgehead atoms. The normalized spacial score (nSPS) is 8.75. The quantitative estimate of drug-likeness (QED) is 0.624. The molecule has 0 aliphatic carbocycles. The minimum absolute atomic E-state index is 0.963. The van der Waals surface area contributed by atoms with Crippen molar-refractivity contribution in [3.05, 3.63) is 35.9 Å². The summed E-state index contributed by atoms with van der Waals surface area (Å²) in [5.74, 6) is 3.10. The fourth-order valence-corrected chi connectivity index (χ4v) is 1.22. The van der Waals surface area contributed by atoms with Gasteiger partial charge in [0, 0.05) is 6.42 Å². The second-order valence-electron chi connectivity index (χ2n) is 2.47. The highest BCUT2D eigenvalue weighted by Gasteiger charge is 1.86. The van der Waals surface area contributed by atoms with E-state index in [9.17, 15) is 0 Å². The van der Waals surface area contributed by atoms with Crippen molar-refractivity contribution in [2.24, 2.45) is 0 Å². The van der Waals surface area contributed by atoms with Crippen LogP contribution in [0.4, 0.5) is 0 Å². The van der Waals surface area contributed by atoms with Gasteiger partial charge in [-0.3, -0.25) is 0 Å². The average Bonchev–Trinajstić information content (AvgIpc) is 2.14. The summed E-state index contributed by atoms with van der Waals surface area (Å²) in [6, 6.07) is 10.5. The Balaban J connectivity index is 2.34. The van der Waals surface area contributed by atoms with E-state index in [4.69, 9.17) is 0 Å². The van der Waals surface area contributed by atoms with E-state index in [1.807, 2.05) is 12.3 Å². The van der Waals surface area contributed by atoms with Gasteiger partial charge in [-0.05, 0) is 23.5 Å². The smallest absolute Gasteiger partial charge is 0.0138 e. The monoisotopic (exact) mass is 176 g/mol. The van der Waals surface area contributed by atoms with Gasteiger partial charge in [-0.1, -0.05) is 48.0 Å². The highest BCUT2D eigenvalue weighted by molar-refractivity contribution is 8.03. The van der Waals surface area contributed by atoms with Gasteiger partial charge in [0.2, 0.25) is 0 Å². The highest BCUT2D eigenvalue weighted by atomic mass is 32.2. The molecule has 0 aliphatic rings. The minimum atomic E-state index is 0.963. The number of hydrogen-bond donors (Lipinski definition) is 0. The highest BCUT2D eigenvalue weighted by Crippen LogP contribution is 2.01. The van der Waals surface area contributed by atoms with Crippen LogP contribution in [0, 0.1) is 11.2 Å². The number of thioether (sulfide) groups is 1. The zero-order chi connectivity index (χ0) is 8.65. The van der Waals surface area contributed by atoms with E-state index in [1.165, 1.54) is 5.56 Å². The number of benzene rings is 1. The van der Waals surface area contributed by atoms with Crippen LogP contribution in [0.1, 0.15) is 12.0 Å². The lowest BCUT2D eigenvalue weighted by molar-refractivity contribution is 1.03. The van der Waals surface area contributed by atoms with Gasteiger partial charge in [0.25, 0.3) is 0 Å². The first-order chi connectivity index (χ1) is 5.93. The molecular formula is C11H12S. The molecule has 0 N–H and O–H groups in total. The molecule has 1 heteroatoms. The Morgan fingerprint density at radius 1 is 1.25 bits per heavy atom. The van der Waals surface area contributed by atoms with Gasteiger partial charge in [-0.15, -0.1) is 0 Å². The minimum Gasteiger partial charge on any atom is -0.0909 e. The zero-order valence-corrected chi connectivity index (χ0v) is 8.03.